The summed E-state index contributed by atoms with van der Waals surface area (Å²) < 4.78 is 41.2. The van der Waals surface area contributed by atoms with Crippen LogP contribution in [0.25, 0.3) is 0 Å². The van der Waals surface area contributed by atoms with Gasteiger partial charge in [0.15, 0.2) is 5.13 Å². The van der Waals surface area contributed by atoms with Crippen LogP contribution in [0.5, 0.6) is 0 Å². The van der Waals surface area contributed by atoms with Crippen LogP contribution in [0.4, 0.5) is 20.9 Å². The molecule has 0 radical (unpaired) electrons. The van der Waals surface area contributed by atoms with Gasteiger partial charge in [-0.15, -0.1) is 11.3 Å². The monoisotopic (exact) mass is 472 g/mol. The molecule has 1 aromatic heterocycles. The van der Waals surface area contributed by atoms with Crippen LogP contribution in [-0.4, -0.2) is 38.4 Å². The minimum Gasteiger partial charge on any atom is -0.359 e. The summed E-state index contributed by atoms with van der Waals surface area (Å²) in [5.41, 5.74) is 2.51. The van der Waals surface area contributed by atoms with Crippen molar-refractivity contribution in [2.75, 3.05) is 27.6 Å². The van der Waals surface area contributed by atoms with Crippen molar-refractivity contribution < 1.29 is 17.6 Å². The standard InChI is InChI=1S/C22H21FN4O3S2/c23-16-3-8-19-15(14-16)2-1-11-27(19)20-9-12-26(21(20)28)17-4-6-18(7-5-17)32(29,30)25-22-24-10-13-31-22/h3-8,10,13-14,20H,1-2,9,11-12H2,(H,24,25)/t20-/m0/s1. The fourth-order valence-corrected chi connectivity index (χ4v) is 6.17. The zero-order chi connectivity index (χ0) is 22.3. The Morgan fingerprint density at radius 3 is 2.69 bits per heavy atom. The van der Waals surface area contributed by atoms with Crippen LogP contribution in [0.3, 0.4) is 0 Å². The molecule has 2 aliphatic rings. The predicted octanol–water partition coefficient (Wildman–Crippen LogP) is 3.64. The molecule has 1 fully saturated rings. The van der Waals surface area contributed by atoms with Crippen molar-refractivity contribution >= 4 is 43.8 Å². The van der Waals surface area contributed by atoms with E-state index in [2.05, 4.69) is 14.6 Å². The van der Waals surface area contributed by atoms with Crippen molar-refractivity contribution in [2.24, 2.45) is 0 Å². The van der Waals surface area contributed by atoms with Crippen molar-refractivity contribution in [1.82, 2.24) is 4.98 Å². The average molecular weight is 473 g/mol. The second kappa shape index (κ2) is 8.18. The first-order chi connectivity index (χ1) is 15.4. The van der Waals surface area contributed by atoms with E-state index in [-0.39, 0.29) is 22.7 Å². The number of hydrogen-bond acceptors (Lipinski definition) is 6. The number of sulfonamides is 1. The molecule has 1 N–H and O–H groups in total. The maximum Gasteiger partial charge on any atom is 0.263 e. The first-order valence-electron chi connectivity index (χ1n) is 10.3. The van der Waals surface area contributed by atoms with Crippen LogP contribution in [0.15, 0.2) is 58.9 Å². The molecule has 1 amide bonds. The number of fused-ring (bicyclic) bond motifs is 1. The maximum absolute atomic E-state index is 13.6. The summed E-state index contributed by atoms with van der Waals surface area (Å²) in [6, 6.07) is 10.7. The second-order valence-electron chi connectivity index (χ2n) is 7.80. The number of aryl methyl sites for hydroxylation is 1. The number of anilines is 3. The smallest absolute Gasteiger partial charge is 0.263 e. The molecule has 0 bridgehead atoms. The number of nitrogens with zero attached hydrogens (tertiary/aromatic N) is 3. The van der Waals surface area contributed by atoms with Crippen LogP contribution >= 0.6 is 11.3 Å². The van der Waals surface area contributed by atoms with Gasteiger partial charge in [-0.05, 0) is 67.3 Å². The molecule has 1 saturated heterocycles. The van der Waals surface area contributed by atoms with E-state index >= 15 is 0 Å². The Morgan fingerprint density at radius 1 is 1.12 bits per heavy atom. The van der Waals surface area contributed by atoms with E-state index in [1.807, 2.05) is 0 Å². The topological polar surface area (TPSA) is 82.6 Å². The highest BCUT2D eigenvalue weighted by molar-refractivity contribution is 7.93. The van der Waals surface area contributed by atoms with Gasteiger partial charge in [0.05, 0.1) is 4.90 Å². The number of benzene rings is 2. The predicted molar refractivity (Wildman–Crippen MR) is 122 cm³/mol. The Morgan fingerprint density at radius 2 is 1.94 bits per heavy atom. The third-order valence-corrected chi connectivity index (χ3v) is 8.03. The first-order valence-corrected chi connectivity index (χ1v) is 12.7. The summed E-state index contributed by atoms with van der Waals surface area (Å²) in [4.78, 5) is 21.1. The van der Waals surface area contributed by atoms with Crippen molar-refractivity contribution in [3.63, 3.8) is 0 Å². The lowest BCUT2D eigenvalue weighted by Gasteiger charge is -2.35. The molecule has 1 atom stereocenters. The zero-order valence-electron chi connectivity index (χ0n) is 17.1. The van der Waals surface area contributed by atoms with E-state index in [9.17, 15) is 17.6 Å². The summed E-state index contributed by atoms with van der Waals surface area (Å²) in [6.45, 7) is 1.29. The largest absolute Gasteiger partial charge is 0.359 e. The first kappa shape index (κ1) is 20.9. The molecular formula is C22H21FN4O3S2. The van der Waals surface area contributed by atoms with E-state index in [1.54, 1.807) is 34.5 Å². The number of hydrogen-bond donors (Lipinski definition) is 1. The summed E-state index contributed by atoms with van der Waals surface area (Å²) >= 11 is 1.20. The molecule has 2 aromatic carbocycles. The Hall–Kier alpha value is -2.98. The van der Waals surface area contributed by atoms with Crippen LogP contribution in [-0.2, 0) is 21.2 Å². The van der Waals surface area contributed by atoms with E-state index in [0.29, 0.717) is 23.8 Å². The quantitative estimate of drug-likeness (QED) is 0.613. The van der Waals surface area contributed by atoms with Crippen molar-refractivity contribution in [3.05, 3.63) is 65.4 Å². The van der Waals surface area contributed by atoms with Gasteiger partial charge in [0.2, 0.25) is 5.91 Å². The second-order valence-corrected chi connectivity index (χ2v) is 10.4. The van der Waals surface area contributed by atoms with Crippen LogP contribution in [0, 0.1) is 5.82 Å². The van der Waals surface area contributed by atoms with Crippen molar-refractivity contribution in [2.45, 2.75) is 30.2 Å². The molecule has 10 heteroatoms. The Balaban J connectivity index is 1.34. The molecule has 0 aliphatic carbocycles. The number of thiazole rings is 1. The highest BCUT2D eigenvalue weighted by Gasteiger charge is 2.38. The molecule has 0 saturated carbocycles. The lowest BCUT2D eigenvalue weighted by Crippen LogP contribution is -2.44. The lowest BCUT2D eigenvalue weighted by atomic mass is 9.99. The van der Waals surface area contributed by atoms with E-state index < -0.39 is 10.0 Å². The number of aromatic nitrogens is 1. The minimum absolute atomic E-state index is 0.0290. The van der Waals surface area contributed by atoms with E-state index in [0.717, 1.165) is 30.6 Å². The number of carbonyl (C=O) groups excluding carboxylic acids is 1. The Bertz CT molecular complexity index is 1250. The summed E-state index contributed by atoms with van der Waals surface area (Å²) in [7, 11) is -3.75. The van der Waals surface area contributed by atoms with Crippen molar-refractivity contribution in [3.8, 4) is 0 Å². The fraction of sp³-hybridized carbons (Fsp3) is 0.273. The van der Waals surface area contributed by atoms with Crippen molar-refractivity contribution in [1.29, 1.82) is 0 Å². The van der Waals surface area contributed by atoms with Gasteiger partial charge in [0.1, 0.15) is 11.9 Å². The van der Waals surface area contributed by atoms with Gasteiger partial charge in [0, 0.05) is 36.0 Å². The molecule has 0 unspecified atom stereocenters. The molecule has 3 aromatic rings. The van der Waals surface area contributed by atoms with Gasteiger partial charge in [0.25, 0.3) is 10.0 Å². The molecular weight excluding hydrogens is 451 g/mol. The van der Waals surface area contributed by atoms with Gasteiger partial charge in [-0.3, -0.25) is 9.52 Å². The SMILES string of the molecule is O=C1[C@@H](N2CCCc3cc(F)ccc32)CCN1c1ccc(S(=O)(=O)Nc2nccs2)cc1. The lowest BCUT2D eigenvalue weighted by molar-refractivity contribution is -0.118. The molecule has 2 aliphatic heterocycles. The van der Waals surface area contributed by atoms with Crippen LogP contribution in [0.1, 0.15) is 18.4 Å². The molecule has 32 heavy (non-hydrogen) atoms. The Labute approximate surface area is 189 Å². The van der Waals surface area contributed by atoms with Crippen LogP contribution in [0.2, 0.25) is 0 Å². The third-order valence-electron chi connectivity index (χ3n) is 5.86. The number of amides is 1. The highest BCUT2D eigenvalue weighted by atomic mass is 32.2. The van der Waals surface area contributed by atoms with Gasteiger partial charge in [-0.25, -0.2) is 17.8 Å². The van der Waals surface area contributed by atoms with Gasteiger partial charge in [-0.1, -0.05) is 0 Å². The summed E-state index contributed by atoms with van der Waals surface area (Å²) in [5, 5.41) is 1.99. The Kier molecular flexibility index (Phi) is 5.34. The molecule has 166 valence electrons. The summed E-state index contributed by atoms with van der Waals surface area (Å²) in [5.74, 6) is -0.289. The number of carbonyl (C=O) groups is 1. The minimum atomic E-state index is -3.75. The maximum atomic E-state index is 13.6. The molecule has 5 rings (SSSR count). The van der Waals surface area contributed by atoms with Gasteiger partial charge >= 0.3 is 0 Å². The van der Waals surface area contributed by atoms with Gasteiger partial charge < -0.3 is 9.80 Å². The molecule has 3 heterocycles. The fourth-order valence-electron chi connectivity index (χ4n) is 4.38. The molecule has 7 nitrogen and oxygen atoms in total. The zero-order valence-corrected chi connectivity index (χ0v) is 18.7. The van der Waals surface area contributed by atoms with Crippen LogP contribution < -0.4 is 14.5 Å². The number of rotatable bonds is 5. The third kappa shape index (κ3) is 3.84. The normalized spacial score (nSPS) is 18.7. The van der Waals surface area contributed by atoms with E-state index in [4.69, 9.17) is 0 Å². The number of nitrogens with one attached hydrogen (secondary N) is 1. The molecule has 0 spiro atoms. The highest BCUT2D eigenvalue weighted by Crippen LogP contribution is 2.34. The number of halogens is 1. The van der Waals surface area contributed by atoms with E-state index in [1.165, 1.54) is 35.7 Å². The van der Waals surface area contributed by atoms with Gasteiger partial charge in [-0.2, -0.15) is 0 Å². The average Bonchev–Trinajstić information content (AvgIpc) is 3.42. The summed E-state index contributed by atoms with van der Waals surface area (Å²) in [6.07, 6.45) is 3.86.